The monoisotopic (exact) mass is 342 g/mol. The van der Waals surface area contributed by atoms with Crippen LogP contribution in [0.4, 0.5) is 10.7 Å². The Bertz CT molecular complexity index is 617. The number of furan rings is 1. The summed E-state index contributed by atoms with van der Waals surface area (Å²) in [5.74, 6) is 1.21. The number of halogens is 1. The van der Waals surface area contributed by atoms with Crippen molar-refractivity contribution in [2.24, 2.45) is 0 Å². The molecule has 3 heterocycles. The van der Waals surface area contributed by atoms with E-state index in [1.807, 2.05) is 4.90 Å². The topological polar surface area (TPSA) is 95.8 Å². The summed E-state index contributed by atoms with van der Waals surface area (Å²) in [7, 11) is 0. The van der Waals surface area contributed by atoms with Gasteiger partial charge in [-0.3, -0.25) is 0 Å². The molecule has 0 aromatic carbocycles. The minimum Gasteiger partial charge on any atom is -0.465 e. The minimum absolute atomic E-state index is 0.289. The van der Waals surface area contributed by atoms with E-state index in [1.54, 1.807) is 6.07 Å². The maximum atomic E-state index is 10.8. The van der Waals surface area contributed by atoms with E-state index in [0.29, 0.717) is 37.9 Å². The molecule has 106 valence electrons. The van der Waals surface area contributed by atoms with Gasteiger partial charge in [-0.1, -0.05) is 0 Å². The summed E-state index contributed by atoms with van der Waals surface area (Å²) in [6.07, 6.45) is 0.618. The van der Waals surface area contributed by atoms with E-state index < -0.39 is 6.09 Å². The average Bonchev–Trinajstić information content (AvgIpc) is 3.07. The van der Waals surface area contributed by atoms with Gasteiger partial charge in [-0.05, 0) is 27.2 Å². The second kappa shape index (κ2) is 5.16. The number of aromatic nitrogens is 2. The molecule has 2 aromatic heterocycles. The van der Waals surface area contributed by atoms with Crippen molar-refractivity contribution in [3.8, 4) is 11.7 Å². The van der Waals surface area contributed by atoms with E-state index in [-0.39, 0.29) is 5.89 Å². The van der Waals surface area contributed by atoms with Gasteiger partial charge in [-0.25, -0.2) is 4.79 Å². The van der Waals surface area contributed by atoms with Crippen molar-refractivity contribution < 1.29 is 18.8 Å². The predicted molar refractivity (Wildman–Crippen MR) is 71.5 cm³/mol. The van der Waals surface area contributed by atoms with Crippen LogP contribution in [0.5, 0.6) is 0 Å². The first-order chi connectivity index (χ1) is 9.65. The SMILES string of the molecule is O=C(O)N1CCN(c2noc(-c3occc3Br)n2)CC1. The van der Waals surface area contributed by atoms with E-state index >= 15 is 0 Å². The number of carboxylic acid groups (broad SMARTS) is 1. The highest BCUT2D eigenvalue weighted by molar-refractivity contribution is 9.10. The summed E-state index contributed by atoms with van der Waals surface area (Å²) in [6.45, 7) is 1.91. The van der Waals surface area contributed by atoms with Gasteiger partial charge < -0.3 is 23.8 Å². The third-order valence-corrected chi connectivity index (χ3v) is 3.68. The van der Waals surface area contributed by atoms with Crippen LogP contribution in [0.25, 0.3) is 11.7 Å². The third kappa shape index (κ3) is 2.36. The van der Waals surface area contributed by atoms with Crippen molar-refractivity contribution in [2.75, 3.05) is 31.1 Å². The number of piperazine rings is 1. The number of rotatable bonds is 2. The Morgan fingerprint density at radius 3 is 2.70 bits per heavy atom. The Labute approximate surface area is 122 Å². The van der Waals surface area contributed by atoms with Crippen LogP contribution in [0.2, 0.25) is 0 Å². The Morgan fingerprint density at radius 2 is 2.10 bits per heavy atom. The molecule has 2 aromatic rings. The molecule has 0 saturated carbocycles. The molecule has 1 aliphatic heterocycles. The van der Waals surface area contributed by atoms with Gasteiger partial charge in [0.25, 0.3) is 11.8 Å². The molecule has 3 rings (SSSR count). The molecule has 20 heavy (non-hydrogen) atoms. The standard InChI is InChI=1S/C11H11BrN4O4/c12-7-1-6-19-8(7)9-13-10(14-20-9)15-2-4-16(5-3-15)11(17)18/h1,6H,2-5H2,(H,17,18). The average molecular weight is 343 g/mol. The van der Waals surface area contributed by atoms with Crippen molar-refractivity contribution >= 4 is 28.0 Å². The summed E-state index contributed by atoms with van der Waals surface area (Å²) >= 11 is 3.32. The summed E-state index contributed by atoms with van der Waals surface area (Å²) < 4.78 is 11.2. The third-order valence-electron chi connectivity index (χ3n) is 3.06. The largest absolute Gasteiger partial charge is 0.465 e. The highest BCUT2D eigenvalue weighted by atomic mass is 79.9. The maximum Gasteiger partial charge on any atom is 0.407 e. The smallest absolute Gasteiger partial charge is 0.407 e. The van der Waals surface area contributed by atoms with E-state index in [9.17, 15) is 4.79 Å². The molecule has 0 unspecified atom stereocenters. The van der Waals surface area contributed by atoms with Crippen LogP contribution in [0, 0.1) is 0 Å². The zero-order chi connectivity index (χ0) is 14.1. The van der Waals surface area contributed by atoms with Gasteiger partial charge in [0.15, 0.2) is 0 Å². The first kappa shape index (κ1) is 13.0. The van der Waals surface area contributed by atoms with Crippen molar-refractivity contribution in [1.82, 2.24) is 15.0 Å². The number of hydrogen-bond acceptors (Lipinski definition) is 6. The summed E-state index contributed by atoms with van der Waals surface area (Å²) in [5, 5.41) is 12.8. The van der Waals surface area contributed by atoms with Gasteiger partial charge in [-0.15, -0.1) is 0 Å². The lowest BCUT2D eigenvalue weighted by Crippen LogP contribution is -2.48. The van der Waals surface area contributed by atoms with Crippen LogP contribution in [0.15, 0.2) is 25.7 Å². The molecular formula is C11H11BrN4O4. The Morgan fingerprint density at radius 1 is 1.35 bits per heavy atom. The minimum atomic E-state index is -0.905. The van der Waals surface area contributed by atoms with Crippen molar-refractivity contribution in [3.05, 3.63) is 16.8 Å². The Kier molecular flexibility index (Phi) is 3.35. The van der Waals surface area contributed by atoms with E-state index in [4.69, 9.17) is 14.0 Å². The van der Waals surface area contributed by atoms with Gasteiger partial charge in [0.05, 0.1) is 10.7 Å². The lowest BCUT2D eigenvalue weighted by atomic mass is 10.3. The van der Waals surface area contributed by atoms with Crippen molar-refractivity contribution in [1.29, 1.82) is 0 Å². The van der Waals surface area contributed by atoms with E-state index in [1.165, 1.54) is 11.2 Å². The van der Waals surface area contributed by atoms with Crippen molar-refractivity contribution in [2.45, 2.75) is 0 Å². The zero-order valence-corrected chi connectivity index (χ0v) is 11.9. The molecule has 1 fully saturated rings. The summed E-state index contributed by atoms with van der Waals surface area (Å²) in [6, 6.07) is 1.74. The molecule has 0 bridgehead atoms. The highest BCUT2D eigenvalue weighted by Crippen LogP contribution is 2.29. The fraction of sp³-hybridized carbons (Fsp3) is 0.364. The number of anilines is 1. The quantitative estimate of drug-likeness (QED) is 0.889. The molecule has 8 nitrogen and oxygen atoms in total. The number of amides is 1. The van der Waals surface area contributed by atoms with Crippen LogP contribution in [-0.2, 0) is 0 Å². The molecule has 0 aliphatic carbocycles. The van der Waals surface area contributed by atoms with Crippen LogP contribution in [0.3, 0.4) is 0 Å². The fourth-order valence-electron chi connectivity index (χ4n) is 1.98. The van der Waals surface area contributed by atoms with Crippen LogP contribution in [-0.4, -0.2) is 52.4 Å². The molecule has 0 radical (unpaired) electrons. The van der Waals surface area contributed by atoms with Gasteiger partial charge in [0.2, 0.25) is 5.76 Å². The molecule has 9 heteroatoms. The first-order valence-electron chi connectivity index (χ1n) is 5.95. The van der Waals surface area contributed by atoms with Crippen LogP contribution >= 0.6 is 15.9 Å². The molecular weight excluding hydrogens is 332 g/mol. The molecule has 1 amide bonds. The second-order valence-electron chi connectivity index (χ2n) is 4.25. The van der Waals surface area contributed by atoms with Crippen LogP contribution in [0.1, 0.15) is 0 Å². The van der Waals surface area contributed by atoms with Crippen LogP contribution < -0.4 is 4.90 Å². The van der Waals surface area contributed by atoms with Crippen molar-refractivity contribution in [3.63, 3.8) is 0 Å². The number of carbonyl (C=O) groups is 1. The van der Waals surface area contributed by atoms with Gasteiger partial charge in [0, 0.05) is 26.2 Å². The fourth-order valence-corrected chi connectivity index (χ4v) is 2.35. The predicted octanol–water partition coefficient (Wildman–Crippen LogP) is 1.89. The second-order valence-corrected chi connectivity index (χ2v) is 5.11. The normalized spacial score (nSPS) is 15.7. The van der Waals surface area contributed by atoms with E-state index in [0.717, 1.165) is 4.47 Å². The lowest BCUT2D eigenvalue weighted by molar-refractivity contribution is 0.142. The maximum absolute atomic E-state index is 10.8. The number of nitrogens with zero attached hydrogens (tertiary/aromatic N) is 4. The zero-order valence-electron chi connectivity index (χ0n) is 10.3. The summed E-state index contributed by atoms with van der Waals surface area (Å²) in [4.78, 5) is 18.3. The first-order valence-corrected chi connectivity index (χ1v) is 6.74. The molecule has 1 aliphatic rings. The molecule has 0 spiro atoms. The highest BCUT2D eigenvalue weighted by Gasteiger charge is 2.24. The summed E-state index contributed by atoms with van der Waals surface area (Å²) in [5.41, 5.74) is 0. The molecule has 1 N–H and O–H groups in total. The Hall–Kier alpha value is -2.03. The molecule has 0 atom stereocenters. The Balaban J connectivity index is 1.72. The number of hydrogen-bond donors (Lipinski definition) is 1. The van der Waals surface area contributed by atoms with E-state index in [2.05, 4.69) is 26.1 Å². The lowest BCUT2D eigenvalue weighted by Gasteiger charge is -2.31. The van der Waals surface area contributed by atoms with Gasteiger partial charge in [0.1, 0.15) is 0 Å². The molecule has 1 saturated heterocycles. The van der Waals surface area contributed by atoms with Gasteiger partial charge in [-0.2, -0.15) is 4.98 Å². The van der Waals surface area contributed by atoms with Gasteiger partial charge >= 0.3 is 6.09 Å².